The number of amides is 1. The zero-order chi connectivity index (χ0) is 13.4. The lowest BCUT2D eigenvalue weighted by Gasteiger charge is -2.26. The maximum Gasteiger partial charge on any atom is 0.272 e. The highest BCUT2D eigenvalue weighted by atomic mass is 19.1. The Morgan fingerprint density at radius 2 is 2.33 bits per heavy atom. The molecule has 1 fully saturated rings. The second-order valence-electron chi connectivity index (χ2n) is 4.52. The molecular weight excluding hydrogens is 236 g/mol. The Hall–Kier alpha value is -1.57. The average molecular weight is 251 g/mol. The summed E-state index contributed by atoms with van der Waals surface area (Å²) in [6, 6.07) is 0.0978. The molecule has 0 aromatic carbocycles. The first kappa shape index (κ1) is 12.9. The van der Waals surface area contributed by atoms with Gasteiger partial charge in [-0.1, -0.05) is 0 Å². The molecule has 1 saturated heterocycles. The molecule has 1 aliphatic heterocycles. The van der Waals surface area contributed by atoms with Crippen molar-refractivity contribution in [2.45, 2.75) is 12.5 Å². The van der Waals surface area contributed by atoms with E-state index in [1.165, 1.54) is 4.68 Å². The number of aryl methyl sites for hydroxylation is 1. The fourth-order valence-corrected chi connectivity index (χ4v) is 2.29. The molecule has 2 heterocycles. The number of halogens is 1. The maximum atomic E-state index is 14.1. The molecule has 1 aliphatic rings. The van der Waals surface area contributed by atoms with Gasteiger partial charge in [-0.25, -0.2) is 9.07 Å². The van der Waals surface area contributed by atoms with Crippen molar-refractivity contribution in [3.05, 3.63) is 11.5 Å². The van der Waals surface area contributed by atoms with Crippen molar-refractivity contribution in [1.82, 2.24) is 14.6 Å². The first-order valence-electron chi connectivity index (χ1n) is 5.66. The molecule has 2 rings (SSSR count). The fourth-order valence-electron chi connectivity index (χ4n) is 2.29. The lowest BCUT2D eigenvalue weighted by Crippen LogP contribution is -2.35. The van der Waals surface area contributed by atoms with Crippen LogP contribution in [0.15, 0.2) is 0 Å². The summed E-state index contributed by atoms with van der Waals surface area (Å²) < 4.78 is 15.4. The van der Waals surface area contributed by atoms with Gasteiger partial charge in [0, 0.05) is 26.7 Å². The van der Waals surface area contributed by atoms with E-state index in [9.17, 15) is 9.18 Å². The van der Waals surface area contributed by atoms with Gasteiger partial charge in [0.25, 0.3) is 5.91 Å². The van der Waals surface area contributed by atoms with Crippen LogP contribution in [0.3, 0.4) is 0 Å². The van der Waals surface area contributed by atoms with Crippen molar-refractivity contribution in [2.75, 3.05) is 25.0 Å². The van der Waals surface area contributed by atoms with Crippen LogP contribution in [0.25, 0.3) is 0 Å². The molecule has 8 heteroatoms. The standard InChI is InChI=1S/C10H15BFN5O/c1-15(6-3-4-17(11)5-6)10-7(12)8(9(13)18)14-16(10)2/h6H,3-5H2,1-2H3,(H2,13,18)/t6-/m1/s1. The summed E-state index contributed by atoms with van der Waals surface area (Å²) in [5.74, 6) is -1.29. The van der Waals surface area contributed by atoms with Crippen molar-refractivity contribution in [3.63, 3.8) is 0 Å². The molecule has 18 heavy (non-hydrogen) atoms. The molecule has 2 N–H and O–H groups in total. The van der Waals surface area contributed by atoms with E-state index >= 15 is 0 Å². The van der Waals surface area contributed by atoms with Gasteiger partial charge in [-0.3, -0.25) is 4.79 Å². The van der Waals surface area contributed by atoms with Crippen molar-refractivity contribution in [3.8, 4) is 0 Å². The second kappa shape index (κ2) is 4.60. The lowest BCUT2D eigenvalue weighted by molar-refractivity contribution is 0.0991. The minimum atomic E-state index is -0.866. The van der Waals surface area contributed by atoms with E-state index < -0.39 is 11.7 Å². The number of carbonyl (C=O) groups excluding carboxylic acids is 1. The van der Waals surface area contributed by atoms with E-state index in [2.05, 4.69) is 5.10 Å². The Labute approximate surface area is 106 Å². The van der Waals surface area contributed by atoms with Gasteiger partial charge in [0.15, 0.2) is 25.3 Å². The predicted molar refractivity (Wildman–Crippen MR) is 65.8 cm³/mol. The molecule has 0 bridgehead atoms. The molecule has 1 aromatic rings. The first-order valence-corrected chi connectivity index (χ1v) is 5.66. The number of primary amides is 1. The summed E-state index contributed by atoms with van der Waals surface area (Å²) >= 11 is 0. The number of carbonyl (C=O) groups is 1. The number of aromatic nitrogens is 2. The van der Waals surface area contributed by atoms with Crippen molar-refractivity contribution < 1.29 is 9.18 Å². The number of nitrogens with two attached hydrogens (primary N) is 1. The molecule has 0 aliphatic carbocycles. The molecule has 0 saturated carbocycles. The Morgan fingerprint density at radius 3 is 2.78 bits per heavy atom. The highest BCUT2D eigenvalue weighted by Gasteiger charge is 2.29. The van der Waals surface area contributed by atoms with Crippen LogP contribution < -0.4 is 10.6 Å². The normalized spacial score (nSPS) is 20.3. The van der Waals surface area contributed by atoms with Gasteiger partial charge in [0.2, 0.25) is 0 Å². The van der Waals surface area contributed by atoms with Gasteiger partial charge in [-0.15, -0.1) is 0 Å². The lowest BCUT2D eigenvalue weighted by atomic mass is 10.2. The summed E-state index contributed by atoms with van der Waals surface area (Å²) in [7, 11) is 9.03. The molecule has 1 atom stereocenters. The van der Waals surface area contributed by atoms with E-state index in [4.69, 9.17) is 13.7 Å². The van der Waals surface area contributed by atoms with Gasteiger partial charge in [-0.2, -0.15) is 5.10 Å². The highest BCUT2D eigenvalue weighted by Crippen LogP contribution is 2.25. The number of likely N-dealkylation sites (N-methyl/N-ethyl adjacent to an activating group) is 1. The van der Waals surface area contributed by atoms with Crippen molar-refractivity contribution in [2.24, 2.45) is 12.8 Å². The molecular formula is C10H15BFN5O. The van der Waals surface area contributed by atoms with Gasteiger partial charge in [0.05, 0.1) is 0 Å². The summed E-state index contributed by atoms with van der Waals surface area (Å²) in [4.78, 5) is 14.5. The summed E-state index contributed by atoms with van der Waals surface area (Å²) in [5.41, 5.74) is 4.74. The maximum absolute atomic E-state index is 14.1. The van der Waals surface area contributed by atoms with Crippen LogP contribution in [0.5, 0.6) is 0 Å². The zero-order valence-electron chi connectivity index (χ0n) is 10.4. The third kappa shape index (κ3) is 2.08. The fraction of sp³-hybridized carbons (Fsp3) is 0.600. The van der Waals surface area contributed by atoms with Crippen LogP contribution in [0.4, 0.5) is 10.2 Å². The van der Waals surface area contributed by atoms with Crippen LogP contribution in [-0.2, 0) is 7.05 Å². The Bertz CT molecular complexity index is 477. The molecule has 2 radical (unpaired) electrons. The summed E-state index contributed by atoms with van der Waals surface area (Å²) in [6.45, 7) is 1.41. The van der Waals surface area contributed by atoms with E-state index in [0.717, 1.165) is 13.0 Å². The molecule has 96 valence electrons. The Balaban J connectivity index is 2.30. The van der Waals surface area contributed by atoms with E-state index in [0.29, 0.717) is 6.54 Å². The quantitative estimate of drug-likeness (QED) is 0.718. The summed E-state index contributed by atoms with van der Waals surface area (Å²) in [6.07, 6.45) is 0.837. The Morgan fingerprint density at radius 1 is 1.67 bits per heavy atom. The SMILES string of the molecule is [B]N1CC[C@@H](N(C)c2c(F)c(C(N)=O)nn2C)C1. The average Bonchev–Trinajstić information content (AvgIpc) is 2.83. The molecule has 0 spiro atoms. The minimum Gasteiger partial charge on any atom is -0.364 e. The van der Waals surface area contributed by atoms with Crippen molar-refractivity contribution in [1.29, 1.82) is 0 Å². The van der Waals surface area contributed by atoms with Gasteiger partial charge < -0.3 is 15.4 Å². The van der Waals surface area contributed by atoms with Crippen LogP contribution in [0, 0.1) is 5.82 Å². The summed E-state index contributed by atoms with van der Waals surface area (Å²) in [5, 5.41) is 3.80. The van der Waals surface area contributed by atoms with Gasteiger partial charge in [-0.05, 0) is 13.0 Å². The van der Waals surface area contributed by atoms with Gasteiger partial charge in [0.1, 0.15) is 0 Å². The van der Waals surface area contributed by atoms with Gasteiger partial charge >= 0.3 is 0 Å². The predicted octanol–water partition coefficient (Wildman–Crippen LogP) is -0.748. The topological polar surface area (TPSA) is 67.4 Å². The number of hydrogen-bond acceptors (Lipinski definition) is 4. The monoisotopic (exact) mass is 251 g/mol. The number of hydrogen-bond donors (Lipinski definition) is 1. The Kier molecular flexibility index (Phi) is 3.29. The smallest absolute Gasteiger partial charge is 0.272 e. The second-order valence-corrected chi connectivity index (χ2v) is 4.52. The molecule has 1 amide bonds. The van der Waals surface area contributed by atoms with Crippen molar-refractivity contribution >= 4 is 19.7 Å². The van der Waals surface area contributed by atoms with E-state index in [1.54, 1.807) is 23.8 Å². The highest BCUT2D eigenvalue weighted by molar-refractivity contribution is 6.04. The number of anilines is 1. The van der Waals surface area contributed by atoms with Crippen LogP contribution >= 0.6 is 0 Å². The van der Waals surface area contributed by atoms with E-state index in [1.807, 2.05) is 0 Å². The molecule has 6 nitrogen and oxygen atoms in total. The zero-order valence-corrected chi connectivity index (χ0v) is 10.4. The van der Waals surface area contributed by atoms with Crippen LogP contribution in [0.1, 0.15) is 16.9 Å². The number of rotatable bonds is 3. The van der Waals surface area contributed by atoms with Crippen LogP contribution in [0.2, 0.25) is 0 Å². The third-order valence-electron chi connectivity index (χ3n) is 3.27. The minimum absolute atomic E-state index is 0.0978. The van der Waals surface area contributed by atoms with E-state index in [-0.39, 0.29) is 17.6 Å². The molecule has 0 unspecified atom stereocenters. The largest absolute Gasteiger partial charge is 0.364 e. The third-order valence-corrected chi connectivity index (χ3v) is 3.27. The van der Waals surface area contributed by atoms with Crippen LogP contribution in [-0.4, -0.2) is 54.7 Å². The molecule has 1 aromatic heterocycles. The number of nitrogens with zero attached hydrogens (tertiary/aromatic N) is 4. The first-order chi connectivity index (χ1) is 8.41.